The first-order valence-electron chi connectivity index (χ1n) is 6.42. The number of carbonyl (C=O) groups excluding carboxylic acids is 2. The van der Waals surface area contributed by atoms with E-state index in [1.807, 2.05) is 6.92 Å². The highest BCUT2D eigenvalue weighted by molar-refractivity contribution is 5.91. The Morgan fingerprint density at radius 3 is 2.40 bits per heavy atom. The number of nitrogens with two attached hydrogens (primary N) is 1. The van der Waals surface area contributed by atoms with E-state index in [0.29, 0.717) is 19.4 Å². The highest BCUT2D eigenvalue weighted by Gasteiger charge is 2.48. The van der Waals surface area contributed by atoms with Crippen molar-refractivity contribution in [2.24, 2.45) is 17.1 Å². The first-order valence-corrected chi connectivity index (χ1v) is 6.42. The van der Waals surface area contributed by atoms with Crippen molar-refractivity contribution >= 4 is 11.9 Å². The predicted octanol–water partition coefficient (Wildman–Crippen LogP) is 0.420. The van der Waals surface area contributed by atoms with Gasteiger partial charge in [-0.05, 0) is 19.8 Å². The van der Waals surface area contributed by atoms with Gasteiger partial charge >= 0.3 is 5.97 Å². The summed E-state index contributed by atoms with van der Waals surface area (Å²) in [6.45, 7) is 5.12. The summed E-state index contributed by atoms with van der Waals surface area (Å²) < 4.78 is 4.88. The van der Waals surface area contributed by atoms with E-state index in [2.05, 4.69) is 5.32 Å². The van der Waals surface area contributed by atoms with E-state index in [4.69, 9.17) is 15.7 Å². The maximum atomic E-state index is 12.0. The third kappa shape index (κ3) is 4.22. The Kier molecular flexibility index (Phi) is 7.27. The second-order valence-electron chi connectivity index (χ2n) is 4.52. The maximum absolute atomic E-state index is 12.0. The van der Waals surface area contributed by atoms with Gasteiger partial charge in [0.2, 0.25) is 5.91 Å². The first-order chi connectivity index (χ1) is 9.37. The number of nitrogens with zero attached hydrogens (tertiary/aromatic N) is 2. The Bertz CT molecular complexity index is 438. The summed E-state index contributed by atoms with van der Waals surface area (Å²) in [4.78, 5) is 23.9. The molecule has 0 saturated heterocycles. The predicted molar refractivity (Wildman–Crippen MR) is 70.5 cm³/mol. The van der Waals surface area contributed by atoms with E-state index >= 15 is 0 Å². The third-order valence-corrected chi connectivity index (χ3v) is 2.83. The molecule has 1 amide bonds. The van der Waals surface area contributed by atoms with Gasteiger partial charge in [-0.15, -0.1) is 0 Å². The molecule has 0 aromatic carbocycles. The van der Waals surface area contributed by atoms with Crippen molar-refractivity contribution in [2.45, 2.75) is 39.8 Å². The van der Waals surface area contributed by atoms with Crippen molar-refractivity contribution in [2.75, 3.05) is 6.54 Å². The van der Waals surface area contributed by atoms with Gasteiger partial charge in [0.05, 0.1) is 12.1 Å². The van der Waals surface area contributed by atoms with E-state index in [1.165, 1.54) is 6.92 Å². The molecule has 0 aromatic heterocycles. The minimum Gasteiger partial charge on any atom is -0.446 e. The Hall–Kier alpha value is -2.12. The second-order valence-corrected chi connectivity index (χ2v) is 4.52. The van der Waals surface area contributed by atoms with Crippen molar-refractivity contribution in [3.8, 4) is 12.1 Å². The lowest BCUT2D eigenvalue weighted by Gasteiger charge is -2.25. The molecule has 0 radical (unpaired) electrons. The number of nitriles is 2. The number of esters is 1. The van der Waals surface area contributed by atoms with E-state index in [-0.39, 0.29) is 0 Å². The lowest BCUT2D eigenvalue weighted by molar-refractivity contribution is -0.160. The van der Waals surface area contributed by atoms with Crippen LogP contribution in [0.15, 0.2) is 0 Å². The lowest BCUT2D eigenvalue weighted by Crippen LogP contribution is -2.46. The molecule has 7 heteroatoms. The van der Waals surface area contributed by atoms with E-state index in [0.717, 1.165) is 0 Å². The second kappa shape index (κ2) is 8.13. The molecule has 0 aliphatic heterocycles. The lowest BCUT2D eigenvalue weighted by atomic mass is 9.78. The van der Waals surface area contributed by atoms with Gasteiger partial charge in [0, 0.05) is 6.54 Å². The van der Waals surface area contributed by atoms with Crippen LogP contribution >= 0.6 is 0 Å². The summed E-state index contributed by atoms with van der Waals surface area (Å²) in [5.41, 5.74) is 3.60. The van der Waals surface area contributed by atoms with Crippen molar-refractivity contribution in [3.05, 3.63) is 0 Å². The van der Waals surface area contributed by atoms with E-state index in [9.17, 15) is 14.9 Å². The van der Waals surface area contributed by atoms with Crippen LogP contribution in [-0.4, -0.2) is 24.6 Å². The van der Waals surface area contributed by atoms with Gasteiger partial charge < -0.3 is 10.1 Å². The van der Waals surface area contributed by atoms with Crippen LogP contribution in [0, 0.1) is 34.0 Å². The standard InChI is InChI=1S/C13H20N4O3/c1-4-6-17-11(18)9(7-14)13(3,8-15)12(19)20-10(16)5-2/h9-10H,4-6,16H2,1-3H3,(H,17,18). The molecule has 0 spiro atoms. The van der Waals surface area contributed by atoms with Crippen LogP contribution in [0.1, 0.15) is 33.6 Å². The van der Waals surface area contributed by atoms with Gasteiger partial charge in [-0.25, -0.2) is 0 Å². The summed E-state index contributed by atoms with van der Waals surface area (Å²) in [5.74, 6) is -3.08. The van der Waals surface area contributed by atoms with Gasteiger partial charge in [-0.1, -0.05) is 13.8 Å². The number of rotatable bonds is 7. The topological polar surface area (TPSA) is 129 Å². The molecule has 7 nitrogen and oxygen atoms in total. The molecule has 3 N–H and O–H groups in total. The molecule has 0 fully saturated rings. The molecular weight excluding hydrogens is 260 g/mol. The van der Waals surface area contributed by atoms with Gasteiger partial charge in [0.25, 0.3) is 0 Å². The summed E-state index contributed by atoms with van der Waals surface area (Å²) in [7, 11) is 0. The van der Waals surface area contributed by atoms with Crippen molar-refractivity contribution in [3.63, 3.8) is 0 Å². The molecule has 3 atom stereocenters. The summed E-state index contributed by atoms with van der Waals surface area (Å²) in [6.07, 6.45) is 0.179. The van der Waals surface area contributed by atoms with Gasteiger partial charge in [-0.3, -0.25) is 15.3 Å². The number of hydrogen-bond donors (Lipinski definition) is 2. The zero-order valence-corrected chi connectivity index (χ0v) is 12.0. The highest BCUT2D eigenvalue weighted by atomic mass is 16.6. The fourth-order valence-electron chi connectivity index (χ4n) is 1.37. The zero-order chi connectivity index (χ0) is 15.8. The van der Waals surface area contributed by atoms with Gasteiger partial charge in [0.1, 0.15) is 0 Å². The molecule has 3 unspecified atom stereocenters. The average Bonchev–Trinajstić information content (AvgIpc) is 2.44. The molecule has 0 aromatic rings. The zero-order valence-electron chi connectivity index (χ0n) is 12.0. The minimum absolute atomic E-state index is 0.363. The van der Waals surface area contributed by atoms with Crippen LogP contribution in [-0.2, 0) is 14.3 Å². The molecule has 20 heavy (non-hydrogen) atoms. The SMILES string of the molecule is CCCNC(=O)C(C#N)C(C)(C#N)C(=O)OC(N)CC. The molecule has 0 aliphatic carbocycles. The van der Waals surface area contributed by atoms with Crippen molar-refractivity contribution in [1.29, 1.82) is 10.5 Å². The Morgan fingerprint density at radius 2 is 2.00 bits per heavy atom. The Labute approximate surface area is 118 Å². The summed E-state index contributed by atoms with van der Waals surface area (Å²) >= 11 is 0. The molecule has 110 valence electrons. The number of ether oxygens (including phenoxy) is 1. The Balaban J connectivity index is 5.18. The smallest absolute Gasteiger partial charge is 0.329 e. The fourth-order valence-corrected chi connectivity index (χ4v) is 1.37. The van der Waals surface area contributed by atoms with Crippen LogP contribution in [0.25, 0.3) is 0 Å². The van der Waals surface area contributed by atoms with Crippen LogP contribution in [0.3, 0.4) is 0 Å². The summed E-state index contributed by atoms with van der Waals surface area (Å²) in [6, 6.07) is 3.40. The fraction of sp³-hybridized carbons (Fsp3) is 0.692. The van der Waals surface area contributed by atoms with E-state index in [1.54, 1.807) is 19.1 Å². The summed E-state index contributed by atoms with van der Waals surface area (Å²) in [5, 5.41) is 20.8. The Morgan fingerprint density at radius 1 is 1.40 bits per heavy atom. The van der Waals surface area contributed by atoms with Gasteiger partial charge in [-0.2, -0.15) is 10.5 Å². The minimum atomic E-state index is -1.89. The molecule has 0 bridgehead atoms. The van der Waals surface area contributed by atoms with E-state index < -0.39 is 29.4 Å². The monoisotopic (exact) mass is 280 g/mol. The molecule has 0 aliphatic rings. The third-order valence-electron chi connectivity index (χ3n) is 2.83. The van der Waals surface area contributed by atoms with Crippen LogP contribution in [0.5, 0.6) is 0 Å². The molecule has 0 heterocycles. The first kappa shape index (κ1) is 17.9. The molecule has 0 saturated carbocycles. The van der Waals surface area contributed by atoms with Gasteiger partial charge in [0.15, 0.2) is 17.6 Å². The van der Waals surface area contributed by atoms with Crippen LogP contribution in [0.2, 0.25) is 0 Å². The number of carbonyl (C=O) groups is 2. The maximum Gasteiger partial charge on any atom is 0.329 e. The largest absolute Gasteiger partial charge is 0.446 e. The quantitative estimate of drug-likeness (QED) is 0.513. The number of hydrogen-bond acceptors (Lipinski definition) is 6. The normalized spacial score (nSPS) is 15.9. The molecule has 0 rings (SSSR count). The van der Waals surface area contributed by atoms with Crippen LogP contribution < -0.4 is 11.1 Å². The highest BCUT2D eigenvalue weighted by Crippen LogP contribution is 2.29. The number of amides is 1. The van der Waals surface area contributed by atoms with Crippen LogP contribution in [0.4, 0.5) is 0 Å². The molecular formula is C13H20N4O3. The van der Waals surface area contributed by atoms with Crippen molar-refractivity contribution < 1.29 is 14.3 Å². The number of nitrogens with one attached hydrogen (secondary N) is 1. The van der Waals surface area contributed by atoms with Crippen molar-refractivity contribution in [1.82, 2.24) is 5.32 Å². The average molecular weight is 280 g/mol.